The van der Waals surface area contributed by atoms with Crippen molar-refractivity contribution in [3.8, 4) is 28.4 Å². The first-order valence-electron chi connectivity index (χ1n) is 13.2. The van der Waals surface area contributed by atoms with E-state index in [9.17, 15) is 15.0 Å². The first kappa shape index (κ1) is 28.8. The number of nitrogens with zero attached hydrogens (tertiary/aromatic N) is 3. The number of aromatic nitrogens is 3. The van der Waals surface area contributed by atoms with Crippen molar-refractivity contribution < 1.29 is 29.2 Å². The molecule has 1 amide bonds. The van der Waals surface area contributed by atoms with E-state index >= 15 is 0 Å². The van der Waals surface area contributed by atoms with Gasteiger partial charge >= 0.3 is 6.09 Å². The molecular weight excluding hydrogens is 550 g/mol. The number of pyridine rings is 1. The Kier molecular flexibility index (Phi) is 9.01. The lowest BCUT2D eigenvalue weighted by molar-refractivity contribution is -0.131. The number of carbonyl (C=O) groups excluding carboxylic acids is 1. The van der Waals surface area contributed by atoms with Crippen molar-refractivity contribution >= 4 is 34.5 Å². The number of fused-ring (bicyclic) bond motifs is 1. The largest absolute Gasteiger partial charge is 0.459 e. The van der Waals surface area contributed by atoms with Crippen LogP contribution in [-0.2, 0) is 9.47 Å². The minimum atomic E-state index is -0.818. The van der Waals surface area contributed by atoms with Crippen LogP contribution < -0.4 is 10.1 Å². The van der Waals surface area contributed by atoms with Gasteiger partial charge in [0.05, 0.1) is 35.6 Å². The molecule has 41 heavy (non-hydrogen) atoms. The number of hydrogen-bond donors (Lipinski definition) is 4. The van der Waals surface area contributed by atoms with E-state index in [1.54, 1.807) is 6.07 Å². The van der Waals surface area contributed by atoms with Crippen LogP contribution in [0.4, 0.5) is 10.5 Å². The molecule has 0 bridgehead atoms. The summed E-state index contributed by atoms with van der Waals surface area (Å²) in [5.41, 5.74) is 5.08. The van der Waals surface area contributed by atoms with E-state index in [4.69, 9.17) is 25.8 Å². The Labute approximate surface area is 242 Å². The number of nitrogens with one attached hydrogen (secondary N) is 2. The van der Waals surface area contributed by atoms with Crippen LogP contribution in [0, 0.1) is 0 Å². The van der Waals surface area contributed by atoms with Gasteiger partial charge in [-0.2, -0.15) is 4.98 Å². The summed E-state index contributed by atoms with van der Waals surface area (Å²) in [5, 5.41) is 22.5. The summed E-state index contributed by atoms with van der Waals surface area (Å²) in [7, 11) is 3.83. The zero-order valence-corrected chi connectivity index (χ0v) is 23.5. The van der Waals surface area contributed by atoms with Gasteiger partial charge in [-0.3, -0.25) is 5.32 Å². The van der Waals surface area contributed by atoms with Crippen molar-refractivity contribution in [3.05, 3.63) is 59.6 Å². The van der Waals surface area contributed by atoms with Crippen LogP contribution in [0.25, 0.3) is 33.5 Å². The fourth-order valence-corrected chi connectivity index (χ4v) is 4.70. The van der Waals surface area contributed by atoms with Crippen LogP contribution in [-0.4, -0.2) is 94.9 Å². The van der Waals surface area contributed by atoms with Gasteiger partial charge in [-0.05, 0) is 43.4 Å². The maximum Gasteiger partial charge on any atom is 0.411 e. The summed E-state index contributed by atoms with van der Waals surface area (Å²) >= 11 is 6.58. The SMILES string of the molecule is CN(C)CCOC(=O)Nc1ccc(-c2ccc(-c3nc4nc(OC5COC(CO)C(O)C5)[nH]c4cc3Cl)cc2)cc1. The summed E-state index contributed by atoms with van der Waals surface area (Å²) in [6.45, 7) is 0.957. The fraction of sp³-hybridized carbons (Fsp3) is 0.345. The molecule has 1 aliphatic heterocycles. The van der Waals surface area contributed by atoms with Crippen molar-refractivity contribution in [3.63, 3.8) is 0 Å². The van der Waals surface area contributed by atoms with Gasteiger partial charge in [0.15, 0.2) is 5.65 Å². The molecule has 1 fully saturated rings. The lowest BCUT2D eigenvalue weighted by Gasteiger charge is -2.31. The normalized spacial score (nSPS) is 18.9. The van der Waals surface area contributed by atoms with Gasteiger partial charge in [0.1, 0.15) is 18.8 Å². The van der Waals surface area contributed by atoms with Crippen LogP contribution in [0.3, 0.4) is 0 Å². The number of aromatic amines is 1. The Hall–Kier alpha value is -3.74. The number of amides is 1. The number of aliphatic hydroxyl groups is 2. The number of benzene rings is 2. The number of anilines is 1. The van der Waals surface area contributed by atoms with Crippen molar-refractivity contribution in [2.75, 3.05) is 45.8 Å². The molecule has 0 saturated carbocycles. The molecule has 216 valence electrons. The predicted molar refractivity (Wildman–Crippen MR) is 155 cm³/mol. The number of rotatable bonds is 9. The molecule has 12 heteroatoms. The Balaban J connectivity index is 1.24. The van der Waals surface area contributed by atoms with E-state index in [0.29, 0.717) is 47.1 Å². The summed E-state index contributed by atoms with van der Waals surface area (Å²) in [5.74, 6) is 0. The third-order valence-corrected chi connectivity index (χ3v) is 6.98. The lowest BCUT2D eigenvalue weighted by atomic mass is 10.0. The molecule has 0 radical (unpaired) electrons. The number of H-pyrrole nitrogens is 1. The summed E-state index contributed by atoms with van der Waals surface area (Å²) in [6.07, 6.45) is -2.01. The van der Waals surface area contributed by atoms with Gasteiger partial charge in [-0.1, -0.05) is 48.0 Å². The first-order chi connectivity index (χ1) is 19.8. The molecule has 1 aliphatic rings. The molecule has 3 unspecified atom stereocenters. The maximum atomic E-state index is 12.0. The molecule has 0 aliphatic carbocycles. The van der Waals surface area contributed by atoms with Gasteiger partial charge in [-0.15, -0.1) is 0 Å². The lowest BCUT2D eigenvalue weighted by Crippen LogP contribution is -2.45. The second-order valence-electron chi connectivity index (χ2n) is 10.0. The van der Waals surface area contributed by atoms with Crippen molar-refractivity contribution in [2.45, 2.75) is 24.7 Å². The smallest absolute Gasteiger partial charge is 0.411 e. The van der Waals surface area contributed by atoms with Gasteiger partial charge < -0.3 is 34.3 Å². The fourth-order valence-electron chi connectivity index (χ4n) is 4.44. The number of ether oxygens (including phenoxy) is 3. The number of likely N-dealkylation sites (N-methyl/N-ethyl adjacent to an activating group) is 1. The Bertz CT molecular complexity index is 1480. The molecule has 5 rings (SSSR count). The highest BCUT2D eigenvalue weighted by atomic mass is 35.5. The average molecular weight is 582 g/mol. The number of aliphatic hydroxyl groups excluding tert-OH is 2. The highest BCUT2D eigenvalue weighted by Gasteiger charge is 2.31. The van der Waals surface area contributed by atoms with E-state index < -0.39 is 24.4 Å². The topological polar surface area (TPSA) is 142 Å². The monoisotopic (exact) mass is 581 g/mol. The van der Waals surface area contributed by atoms with Crippen LogP contribution >= 0.6 is 11.6 Å². The maximum absolute atomic E-state index is 12.0. The number of imidazole rings is 1. The number of hydrogen-bond acceptors (Lipinski definition) is 9. The van der Waals surface area contributed by atoms with Crippen LogP contribution in [0.1, 0.15) is 6.42 Å². The highest BCUT2D eigenvalue weighted by Crippen LogP contribution is 2.32. The standard InChI is InChI=1S/C29H32ClN5O6/c1-35(2)11-12-39-29(38)31-20-9-7-18(8-10-20)17-3-5-19(6-4-17)26-22(30)14-23-27(33-26)34-28(32-23)41-21-13-24(37)25(15-36)40-16-21/h3-10,14,21,24-25,36-37H,11-13,15-16H2,1-2H3,(H,31,38)(H,32,33,34). The zero-order valence-electron chi connectivity index (χ0n) is 22.7. The minimum Gasteiger partial charge on any atom is -0.459 e. The van der Waals surface area contributed by atoms with Crippen molar-refractivity contribution in [1.29, 1.82) is 0 Å². The zero-order chi connectivity index (χ0) is 28.9. The third-order valence-electron chi connectivity index (χ3n) is 6.69. The van der Waals surface area contributed by atoms with E-state index in [0.717, 1.165) is 16.7 Å². The van der Waals surface area contributed by atoms with E-state index in [1.165, 1.54) is 0 Å². The molecule has 2 aromatic heterocycles. The molecule has 3 heterocycles. The molecular formula is C29H32ClN5O6. The summed E-state index contributed by atoms with van der Waals surface area (Å²) in [4.78, 5) is 26.0. The molecule has 4 N–H and O–H groups in total. The van der Waals surface area contributed by atoms with Crippen molar-refractivity contribution in [1.82, 2.24) is 19.9 Å². The molecule has 11 nitrogen and oxygen atoms in total. The Morgan fingerprint density at radius 1 is 1.12 bits per heavy atom. The second kappa shape index (κ2) is 12.8. The Morgan fingerprint density at radius 2 is 1.80 bits per heavy atom. The number of carbonyl (C=O) groups is 1. The molecule has 4 aromatic rings. The second-order valence-corrected chi connectivity index (χ2v) is 10.5. The van der Waals surface area contributed by atoms with E-state index in [-0.39, 0.29) is 19.2 Å². The average Bonchev–Trinajstić information content (AvgIpc) is 3.34. The van der Waals surface area contributed by atoms with Gasteiger partial charge in [0.25, 0.3) is 6.01 Å². The molecule has 2 aromatic carbocycles. The van der Waals surface area contributed by atoms with Crippen LogP contribution in [0.5, 0.6) is 6.01 Å². The first-order valence-corrected chi connectivity index (χ1v) is 13.6. The Morgan fingerprint density at radius 3 is 2.46 bits per heavy atom. The van der Waals surface area contributed by atoms with Gasteiger partial charge in [0.2, 0.25) is 0 Å². The highest BCUT2D eigenvalue weighted by molar-refractivity contribution is 6.33. The molecule has 0 spiro atoms. The van der Waals surface area contributed by atoms with Gasteiger partial charge in [0, 0.05) is 24.2 Å². The number of halogens is 1. The molecule has 1 saturated heterocycles. The minimum absolute atomic E-state index is 0.230. The van der Waals surface area contributed by atoms with E-state index in [2.05, 4.69) is 20.3 Å². The van der Waals surface area contributed by atoms with Crippen LogP contribution in [0.15, 0.2) is 54.6 Å². The van der Waals surface area contributed by atoms with Crippen molar-refractivity contribution in [2.24, 2.45) is 0 Å². The van der Waals surface area contributed by atoms with E-state index in [1.807, 2.05) is 67.5 Å². The van der Waals surface area contributed by atoms with Gasteiger partial charge in [-0.25, -0.2) is 9.78 Å². The quantitative estimate of drug-likeness (QED) is 0.231. The third kappa shape index (κ3) is 7.13. The predicted octanol–water partition coefficient (Wildman–Crippen LogP) is 3.94. The van der Waals surface area contributed by atoms with Crippen LogP contribution in [0.2, 0.25) is 5.02 Å². The summed E-state index contributed by atoms with van der Waals surface area (Å²) in [6, 6.07) is 17.3. The molecule has 3 atom stereocenters. The summed E-state index contributed by atoms with van der Waals surface area (Å²) < 4.78 is 16.5.